The molecule has 0 atom stereocenters. The van der Waals surface area contributed by atoms with Gasteiger partial charge >= 0.3 is 0 Å². The van der Waals surface area contributed by atoms with E-state index in [0.29, 0.717) is 0 Å². The molecule has 2 heteroatoms. The highest BCUT2D eigenvalue weighted by atomic mass is 16.1. The van der Waals surface area contributed by atoms with Crippen LogP contribution in [0.5, 0.6) is 0 Å². The minimum absolute atomic E-state index is 0.0957. The Kier molecular flexibility index (Phi) is 6.86. The van der Waals surface area contributed by atoms with Gasteiger partial charge in [0.25, 0.3) is 0 Å². The first kappa shape index (κ1) is 17.3. The van der Waals surface area contributed by atoms with Crippen LogP contribution in [0, 0.1) is 0 Å². The van der Waals surface area contributed by atoms with Gasteiger partial charge in [-0.05, 0) is 25.0 Å². The Morgan fingerprint density at radius 1 is 0.826 bits per heavy atom. The van der Waals surface area contributed by atoms with E-state index >= 15 is 0 Å². The van der Waals surface area contributed by atoms with Gasteiger partial charge in [0.2, 0.25) is 0 Å². The average molecular weight is 309 g/mol. The van der Waals surface area contributed by atoms with Crippen molar-refractivity contribution in [1.29, 1.82) is 0 Å². The first-order valence-corrected chi connectivity index (χ1v) is 8.71. The second kappa shape index (κ2) is 9.14. The van der Waals surface area contributed by atoms with Crippen LogP contribution in [0.1, 0.15) is 55.5 Å². The molecule has 0 heterocycles. The third-order valence-corrected chi connectivity index (χ3v) is 4.07. The first-order valence-electron chi connectivity index (χ1n) is 8.71. The third kappa shape index (κ3) is 4.95. The molecule has 0 saturated carbocycles. The van der Waals surface area contributed by atoms with E-state index in [0.717, 1.165) is 29.9 Å². The Bertz CT molecular complexity index is 598. The van der Waals surface area contributed by atoms with Gasteiger partial charge in [0.15, 0.2) is 5.78 Å². The van der Waals surface area contributed by atoms with Crippen molar-refractivity contribution in [2.45, 2.75) is 39.5 Å². The van der Waals surface area contributed by atoms with Crippen molar-refractivity contribution in [1.82, 2.24) is 0 Å². The van der Waals surface area contributed by atoms with Gasteiger partial charge in [0.1, 0.15) is 0 Å². The van der Waals surface area contributed by atoms with Gasteiger partial charge in [-0.1, -0.05) is 69.2 Å². The fourth-order valence-corrected chi connectivity index (χ4v) is 2.67. The lowest BCUT2D eigenvalue weighted by Crippen LogP contribution is -2.25. The summed E-state index contributed by atoms with van der Waals surface area (Å²) < 4.78 is 0. The molecular weight excluding hydrogens is 282 g/mol. The highest BCUT2D eigenvalue weighted by Gasteiger charge is 2.11. The minimum Gasteiger partial charge on any atom is -0.372 e. The van der Waals surface area contributed by atoms with Crippen LogP contribution in [0.15, 0.2) is 54.6 Å². The van der Waals surface area contributed by atoms with Crippen LogP contribution in [-0.2, 0) is 0 Å². The molecule has 0 fully saturated rings. The van der Waals surface area contributed by atoms with Crippen molar-refractivity contribution in [3.8, 4) is 0 Å². The van der Waals surface area contributed by atoms with Crippen LogP contribution in [0.25, 0.3) is 0 Å². The van der Waals surface area contributed by atoms with Crippen LogP contribution in [0.2, 0.25) is 0 Å². The topological polar surface area (TPSA) is 20.3 Å². The number of carbonyl (C=O) groups is 1. The zero-order valence-electron chi connectivity index (χ0n) is 14.3. The summed E-state index contributed by atoms with van der Waals surface area (Å²) in [6, 6.07) is 17.6. The maximum Gasteiger partial charge on any atom is 0.193 e. The Morgan fingerprint density at radius 3 is 2.04 bits per heavy atom. The molecule has 2 aromatic rings. The van der Waals surface area contributed by atoms with Gasteiger partial charge in [-0.15, -0.1) is 0 Å². The van der Waals surface area contributed by atoms with E-state index in [1.54, 1.807) is 0 Å². The number of hydrogen-bond donors (Lipinski definition) is 0. The average Bonchev–Trinajstić information content (AvgIpc) is 2.62. The van der Waals surface area contributed by atoms with Gasteiger partial charge in [-0.3, -0.25) is 4.79 Å². The molecular formula is C21H27NO. The monoisotopic (exact) mass is 309 g/mol. The smallest absolute Gasteiger partial charge is 0.193 e. The number of unbranched alkanes of at least 4 members (excludes halogenated alkanes) is 2. The van der Waals surface area contributed by atoms with Crippen molar-refractivity contribution in [2.75, 3.05) is 18.0 Å². The highest BCUT2D eigenvalue weighted by Crippen LogP contribution is 2.20. The number of carbonyl (C=O) groups excluding carboxylic acids is 1. The molecule has 0 aliphatic carbocycles. The molecule has 0 bridgehead atoms. The summed E-state index contributed by atoms with van der Waals surface area (Å²) in [6.07, 6.45) is 4.73. The van der Waals surface area contributed by atoms with Gasteiger partial charge in [-0.2, -0.15) is 0 Å². The summed E-state index contributed by atoms with van der Waals surface area (Å²) >= 11 is 0. The third-order valence-electron chi connectivity index (χ3n) is 4.07. The number of nitrogens with zero attached hydrogens (tertiary/aromatic N) is 1. The molecule has 2 aromatic carbocycles. The number of hydrogen-bond acceptors (Lipinski definition) is 2. The van der Waals surface area contributed by atoms with Gasteiger partial charge in [0.05, 0.1) is 0 Å². The zero-order valence-corrected chi connectivity index (χ0v) is 14.3. The van der Waals surface area contributed by atoms with E-state index < -0.39 is 0 Å². The predicted octanol–water partition coefficient (Wildman–Crippen LogP) is 5.32. The van der Waals surface area contributed by atoms with E-state index in [4.69, 9.17) is 0 Å². The molecule has 122 valence electrons. The normalized spacial score (nSPS) is 10.5. The van der Waals surface area contributed by atoms with Crippen LogP contribution in [0.4, 0.5) is 5.69 Å². The molecule has 2 nitrogen and oxygen atoms in total. The quantitative estimate of drug-likeness (QED) is 0.584. The van der Waals surface area contributed by atoms with Gasteiger partial charge in [-0.25, -0.2) is 0 Å². The molecule has 0 spiro atoms. The van der Waals surface area contributed by atoms with E-state index in [9.17, 15) is 4.79 Å². The number of rotatable bonds is 9. The molecule has 0 saturated heterocycles. The summed E-state index contributed by atoms with van der Waals surface area (Å²) in [6.45, 7) is 6.54. The molecule has 0 unspecified atom stereocenters. The summed E-state index contributed by atoms with van der Waals surface area (Å²) in [5, 5.41) is 0. The number of benzene rings is 2. The molecule has 0 aliphatic rings. The van der Waals surface area contributed by atoms with Gasteiger partial charge < -0.3 is 4.90 Å². The van der Waals surface area contributed by atoms with Gasteiger partial charge in [0, 0.05) is 29.9 Å². The molecule has 0 radical (unpaired) electrons. The van der Waals surface area contributed by atoms with Crippen molar-refractivity contribution in [3.63, 3.8) is 0 Å². The maximum atomic E-state index is 12.6. The molecule has 0 aromatic heterocycles. The lowest BCUT2D eigenvalue weighted by atomic mass is 10.0. The van der Waals surface area contributed by atoms with Crippen LogP contribution >= 0.6 is 0 Å². The SMILES string of the molecule is CCCCN(CCCC)c1cccc(C(=O)c2ccccc2)c1. The fourth-order valence-electron chi connectivity index (χ4n) is 2.67. The van der Waals surface area contributed by atoms with Crippen molar-refractivity contribution in [2.24, 2.45) is 0 Å². The predicted molar refractivity (Wildman–Crippen MR) is 98.3 cm³/mol. The number of anilines is 1. The first-order chi connectivity index (χ1) is 11.3. The summed E-state index contributed by atoms with van der Waals surface area (Å²) in [5.74, 6) is 0.0957. The highest BCUT2D eigenvalue weighted by molar-refractivity contribution is 6.09. The van der Waals surface area contributed by atoms with Crippen LogP contribution in [-0.4, -0.2) is 18.9 Å². The molecule has 0 N–H and O–H groups in total. The molecule has 2 rings (SSSR count). The summed E-state index contributed by atoms with van der Waals surface area (Å²) in [4.78, 5) is 15.0. The molecule has 0 amide bonds. The Morgan fingerprint density at radius 2 is 1.43 bits per heavy atom. The van der Waals surface area contributed by atoms with Crippen LogP contribution < -0.4 is 4.90 Å². The molecule has 23 heavy (non-hydrogen) atoms. The van der Waals surface area contributed by atoms with E-state index in [-0.39, 0.29) is 5.78 Å². The minimum atomic E-state index is 0.0957. The largest absolute Gasteiger partial charge is 0.372 e. The lowest BCUT2D eigenvalue weighted by molar-refractivity contribution is 0.103. The second-order valence-electron chi connectivity index (χ2n) is 5.94. The summed E-state index contributed by atoms with van der Waals surface area (Å²) in [5.41, 5.74) is 2.68. The van der Waals surface area contributed by atoms with Crippen molar-refractivity contribution in [3.05, 3.63) is 65.7 Å². The van der Waals surface area contributed by atoms with E-state index in [2.05, 4.69) is 24.8 Å². The summed E-state index contributed by atoms with van der Waals surface area (Å²) in [7, 11) is 0. The zero-order chi connectivity index (χ0) is 16.5. The fraction of sp³-hybridized carbons (Fsp3) is 0.381. The maximum absolute atomic E-state index is 12.6. The second-order valence-corrected chi connectivity index (χ2v) is 5.94. The van der Waals surface area contributed by atoms with E-state index in [1.165, 1.54) is 25.7 Å². The van der Waals surface area contributed by atoms with Crippen molar-refractivity contribution >= 4 is 11.5 Å². The Balaban J connectivity index is 2.21. The standard InChI is InChI=1S/C21H27NO/c1-3-5-15-22(16-6-4-2)20-14-10-13-19(17-20)21(23)18-11-8-7-9-12-18/h7-14,17H,3-6,15-16H2,1-2H3. The Hall–Kier alpha value is -2.09. The van der Waals surface area contributed by atoms with Crippen LogP contribution in [0.3, 0.4) is 0 Å². The number of ketones is 1. The van der Waals surface area contributed by atoms with Crippen molar-refractivity contribution < 1.29 is 4.79 Å². The van der Waals surface area contributed by atoms with E-state index in [1.807, 2.05) is 48.5 Å². The Labute approximate surface area is 140 Å². The molecule has 0 aliphatic heterocycles. The lowest BCUT2D eigenvalue weighted by Gasteiger charge is -2.25.